The molecule has 2 aliphatic heterocycles. The number of nitrogens with one attached hydrogen (secondary N) is 1. The monoisotopic (exact) mass is 499 g/mol. The number of hydrogen-bond acceptors (Lipinski definition) is 5. The van der Waals surface area contributed by atoms with Crippen molar-refractivity contribution >= 4 is 11.7 Å². The van der Waals surface area contributed by atoms with Gasteiger partial charge >= 0.3 is 6.18 Å². The second kappa shape index (κ2) is 9.85. The Hall–Kier alpha value is -3.53. The Labute approximate surface area is 207 Å². The van der Waals surface area contributed by atoms with Crippen LogP contribution in [0.2, 0.25) is 0 Å². The van der Waals surface area contributed by atoms with E-state index in [0.717, 1.165) is 11.2 Å². The molecule has 0 bridgehead atoms. The molecule has 2 atom stereocenters. The third-order valence-corrected chi connectivity index (χ3v) is 6.87. The van der Waals surface area contributed by atoms with Crippen molar-refractivity contribution in [1.82, 2.24) is 19.6 Å². The van der Waals surface area contributed by atoms with E-state index in [1.165, 1.54) is 18.9 Å². The van der Waals surface area contributed by atoms with Crippen LogP contribution in [-0.2, 0) is 6.54 Å². The van der Waals surface area contributed by atoms with Crippen molar-refractivity contribution in [3.63, 3.8) is 0 Å². The van der Waals surface area contributed by atoms with Crippen molar-refractivity contribution in [3.05, 3.63) is 77.5 Å². The van der Waals surface area contributed by atoms with Crippen LogP contribution in [0, 0.1) is 0 Å². The van der Waals surface area contributed by atoms with Gasteiger partial charge in [0.2, 0.25) is 0 Å². The highest BCUT2D eigenvalue weighted by Crippen LogP contribution is 2.44. The van der Waals surface area contributed by atoms with E-state index in [1.807, 2.05) is 18.2 Å². The van der Waals surface area contributed by atoms with Gasteiger partial charge in [0.1, 0.15) is 17.1 Å². The van der Waals surface area contributed by atoms with Crippen molar-refractivity contribution in [2.45, 2.75) is 31.2 Å². The Morgan fingerprint density at radius 2 is 1.83 bits per heavy atom. The lowest BCUT2D eigenvalue weighted by Crippen LogP contribution is -2.48. The Balaban J connectivity index is 1.35. The lowest BCUT2D eigenvalue weighted by atomic mass is 9.96. The number of alkyl halides is 3. The molecule has 1 aromatic heterocycles. The fraction of sp³-hybridized carbons (Fsp3) is 0.385. The molecule has 2 aliphatic rings. The number of fused-ring (bicyclic) bond motifs is 1. The number of ether oxygens (including phenoxy) is 1. The van der Waals surface area contributed by atoms with Gasteiger partial charge in [-0.2, -0.15) is 18.3 Å². The van der Waals surface area contributed by atoms with Crippen LogP contribution >= 0.6 is 0 Å². The molecule has 36 heavy (non-hydrogen) atoms. The SMILES string of the molecule is COc1cccc([C@H]2C[C@H](C(F)(F)F)n3ncc(C(=O)N4CCN(Cc5ccccc5)CC4)c3N2)c1. The summed E-state index contributed by atoms with van der Waals surface area (Å²) in [5, 5.41) is 7.17. The number of carbonyl (C=O) groups is 1. The summed E-state index contributed by atoms with van der Waals surface area (Å²) in [5.41, 5.74) is 2.02. The summed E-state index contributed by atoms with van der Waals surface area (Å²) in [5.74, 6) is 0.352. The molecule has 3 heterocycles. The fourth-order valence-corrected chi connectivity index (χ4v) is 4.92. The second-order valence-electron chi connectivity index (χ2n) is 9.17. The number of methoxy groups -OCH3 is 1. The van der Waals surface area contributed by atoms with Crippen molar-refractivity contribution in [3.8, 4) is 5.75 Å². The maximum atomic E-state index is 14.0. The quantitative estimate of drug-likeness (QED) is 0.560. The number of halogens is 3. The van der Waals surface area contributed by atoms with Gasteiger partial charge in [-0.1, -0.05) is 42.5 Å². The highest BCUT2D eigenvalue weighted by Gasteiger charge is 2.47. The summed E-state index contributed by atoms with van der Waals surface area (Å²) in [6.45, 7) is 3.17. The Kier molecular flexibility index (Phi) is 6.61. The van der Waals surface area contributed by atoms with Gasteiger partial charge in [0.25, 0.3) is 5.91 Å². The van der Waals surface area contributed by atoms with E-state index >= 15 is 0 Å². The van der Waals surface area contributed by atoms with E-state index in [1.54, 1.807) is 29.2 Å². The van der Waals surface area contributed by atoms with Crippen molar-refractivity contribution in [1.29, 1.82) is 0 Å². The lowest BCUT2D eigenvalue weighted by molar-refractivity contribution is -0.173. The number of nitrogens with zero attached hydrogens (tertiary/aromatic N) is 4. The normalized spacial score (nSPS) is 20.5. The summed E-state index contributed by atoms with van der Waals surface area (Å²) in [4.78, 5) is 17.4. The van der Waals surface area contributed by atoms with Crippen LogP contribution in [0.15, 0.2) is 60.8 Å². The number of hydrogen-bond donors (Lipinski definition) is 1. The standard InChI is InChI=1S/C26H28F3N5O2/c1-36-20-9-5-8-19(14-20)22-15-23(26(27,28)29)34-24(31-22)21(16-30-34)25(35)33-12-10-32(11-13-33)17-18-6-3-2-4-7-18/h2-9,14,16,22-23,31H,10-13,15,17H2,1H3/t22-,23-/m1/s1. The minimum Gasteiger partial charge on any atom is -0.497 e. The molecule has 0 radical (unpaired) electrons. The van der Waals surface area contributed by atoms with Crippen LogP contribution in [0.4, 0.5) is 19.0 Å². The molecule has 2 aromatic carbocycles. The summed E-state index contributed by atoms with van der Waals surface area (Å²) < 4.78 is 48.2. The van der Waals surface area contributed by atoms with Crippen molar-refractivity contribution in [2.24, 2.45) is 0 Å². The number of anilines is 1. The van der Waals surface area contributed by atoms with Gasteiger partial charge in [-0.25, -0.2) is 4.68 Å². The molecule has 1 N–H and O–H groups in total. The van der Waals surface area contributed by atoms with Crippen LogP contribution in [-0.4, -0.2) is 65.0 Å². The average Bonchev–Trinajstić information content (AvgIpc) is 3.32. The molecule has 190 valence electrons. The molecular formula is C26H28F3N5O2. The molecule has 7 nitrogen and oxygen atoms in total. The minimum atomic E-state index is -4.51. The molecule has 0 saturated carbocycles. The average molecular weight is 500 g/mol. The molecule has 0 unspecified atom stereocenters. The third-order valence-electron chi connectivity index (χ3n) is 6.87. The van der Waals surface area contributed by atoms with Crippen LogP contribution in [0.1, 0.15) is 40.0 Å². The van der Waals surface area contributed by atoms with Crippen LogP contribution in [0.25, 0.3) is 0 Å². The maximum absolute atomic E-state index is 14.0. The molecular weight excluding hydrogens is 471 g/mol. The zero-order valence-corrected chi connectivity index (χ0v) is 19.9. The molecule has 1 amide bonds. The number of aromatic nitrogens is 2. The Bertz CT molecular complexity index is 1210. The van der Waals surface area contributed by atoms with E-state index < -0.39 is 18.3 Å². The third kappa shape index (κ3) is 4.90. The molecule has 1 fully saturated rings. The highest BCUT2D eigenvalue weighted by atomic mass is 19.4. The zero-order valence-electron chi connectivity index (χ0n) is 19.9. The second-order valence-corrected chi connectivity index (χ2v) is 9.17. The summed E-state index contributed by atoms with van der Waals surface area (Å²) in [6, 6.07) is 14.6. The first kappa shape index (κ1) is 24.2. The van der Waals surface area contributed by atoms with Gasteiger partial charge < -0.3 is 15.0 Å². The first-order valence-corrected chi connectivity index (χ1v) is 11.9. The van der Waals surface area contributed by atoms with Gasteiger partial charge in [-0.05, 0) is 23.3 Å². The van der Waals surface area contributed by atoms with E-state index in [4.69, 9.17) is 4.74 Å². The molecule has 1 saturated heterocycles. The van der Waals surface area contributed by atoms with Crippen molar-refractivity contribution in [2.75, 3.05) is 38.6 Å². The summed E-state index contributed by atoms with van der Waals surface area (Å²) in [6.07, 6.45) is -3.49. The van der Waals surface area contributed by atoms with Crippen LogP contribution in [0.5, 0.6) is 5.75 Å². The van der Waals surface area contributed by atoms with Gasteiger partial charge in [-0.15, -0.1) is 0 Å². The molecule has 0 spiro atoms. The number of amides is 1. The highest BCUT2D eigenvalue weighted by molar-refractivity contribution is 5.99. The Morgan fingerprint density at radius 3 is 2.53 bits per heavy atom. The number of benzene rings is 2. The Morgan fingerprint density at radius 1 is 1.08 bits per heavy atom. The van der Waals surface area contributed by atoms with Crippen LogP contribution in [0.3, 0.4) is 0 Å². The van der Waals surface area contributed by atoms with E-state index in [-0.39, 0.29) is 23.7 Å². The largest absolute Gasteiger partial charge is 0.497 e. The number of carbonyl (C=O) groups excluding carboxylic acids is 1. The van der Waals surface area contributed by atoms with Gasteiger partial charge in [0, 0.05) is 39.1 Å². The maximum Gasteiger partial charge on any atom is 0.410 e. The fourth-order valence-electron chi connectivity index (χ4n) is 4.92. The number of rotatable bonds is 5. The predicted molar refractivity (Wildman–Crippen MR) is 129 cm³/mol. The molecule has 0 aliphatic carbocycles. The van der Waals surface area contributed by atoms with Gasteiger partial charge in [-0.3, -0.25) is 9.69 Å². The minimum absolute atomic E-state index is 0.105. The lowest BCUT2D eigenvalue weighted by Gasteiger charge is -2.36. The molecule has 10 heteroatoms. The molecule has 3 aromatic rings. The van der Waals surface area contributed by atoms with Crippen LogP contribution < -0.4 is 10.1 Å². The first-order valence-electron chi connectivity index (χ1n) is 11.9. The van der Waals surface area contributed by atoms with Crippen molar-refractivity contribution < 1.29 is 22.7 Å². The molecule has 5 rings (SSSR count). The van der Waals surface area contributed by atoms with E-state index in [9.17, 15) is 18.0 Å². The number of piperazine rings is 1. The van der Waals surface area contributed by atoms with E-state index in [2.05, 4.69) is 27.4 Å². The topological polar surface area (TPSA) is 62.6 Å². The summed E-state index contributed by atoms with van der Waals surface area (Å²) >= 11 is 0. The van der Waals surface area contributed by atoms with Gasteiger partial charge in [0.05, 0.1) is 19.3 Å². The predicted octanol–water partition coefficient (Wildman–Crippen LogP) is 4.51. The first-order chi connectivity index (χ1) is 17.3. The van der Waals surface area contributed by atoms with Gasteiger partial charge in [0.15, 0.2) is 6.04 Å². The zero-order chi connectivity index (χ0) is 25.3. The summed E-state index contributed by atoms with van der Waals surface area (Å²) in [7, 11) is 1.51. The van der Waals surface area contributed by atoms with E-state index in [0.29, 0.717) is 37.5 Å². The smallest absolute Gasteiger partial charge is 0.410 e.